The third kappa shape index (κ3) is 7.23. The Hall–Kier alpha value is -2.87. The molecule has 0 fully saturated rings. The number of esters is 1. The van der Waals surface area contributed by atoms with Gasteiger partial charge in [-0.2, -0.15) is 0 Å². The molecule has 29 heavy (non-hydrogen) atoms. The zero-order valence-electron chi connectivity index (χ0n) is 16.5. The Kier molecular flexibility index (Phi) is 8.21. The van der Waals surface area contributed by atoms with E-state index in [-0.39, 0.29) is 18.7 Å². The number of aryl methyl sites for hydroxylation is 2. The molecule has 0 spiro atoms. The first-order valence-electron chi connectivity index (χ1n) is 8.94. The molecule has 0 atom stereocenters. The van der Waals surface area contributed by atoms with Crippen LogP contribution in [-0.4, -0.2) is 31.5 Å². The summed E-state index contributed by atoms with van der Waals surface area (Å²) in [7, 11) is 1.56. The molecule has 0 aliphatic heterocycles. The number of anilines is 2. The van der Waals surface area contributed by atoms with Crippen molar-refractivity contribution in [3.63, 3.8) is 0 Å². The number of ether oxygens (including phenoxy) is 2. The highest BCUT2D eigenvalue weighted by Crippen LogP contribution is 2.24. The highest BCUT2D eigenvalue weighted by molar-refractivity contribution is 9.10. The molecule has 0 aliphatic rings. The second kappa shape index (κ2) is 10.6. The highest BCUT2D eigenvalue weighted by Gasteiger charge is 2.12. The summed E-state index contributed by atoms with van der Waals surface area (Å²) >= 11 is 3.43. The first-order valence-corrected chi connectivity index (χ1v) is 9.74. The molecule has 0 saturated carbocycles. The quantitative estimate of drug-likeness (QED) is 0.578. The lowest BCUT2D eigenvalue weighted by Gasteiger charge is -2.11. The molecule has 2 rings (SSSR count). The van der Waals surface area contributed by atoms with Gasteiger partial charge in [0, 0.05) is 22.3 Å². The Labute approximate surface area is 177 Å². The van der Waals surface area contributed by atoms with E-state index in [9.17, 15) is 14.4 Å². The molecule has 0 aromatic heterocycles. The van der Waals surface area contributed by atoms with Crippen molar-refractivity contribution in [2.24, 2.45) is 0 Å². The smallest absolute Gasteiger partial charge is 0.306 e. The minimum Gasteiger partial charge on any atom is -0.497 e. The van der Waals surface area contributed by atoms with Crippen molar-refractivity contribution in [1.82, 2.24) is 0 Å². The van der Waals surface area contributed by atoms with Crippen LogP contribution in [0.2, 0.25) is 0 Å². The average molecular weight is 463 g/mol. The number of nitrogens with one attached hydrogen (secondary N) is 2. The van der Waals surface area contributed by atoms with Crippen molar-refractivity contribution in [3.8, 4) is 5.75 Å². The first kappa shape index (κ1) is 22.4. The zero-order valence-corrected chi connectivity index (χ0v) is 18.1. The lowest BCUT2D eigenvalue weighted by Crippen LogP contribution is -2.22. The van der Waals surface area contributed by atoms with Gasteiger partial charge in [0.25, 0.3) is 5.91 Å². The van der Waals surface area contributed by atoms with Crippen LogP contribution in [0.25, 0.3) is 0 Å². The van der Waals surface area contributed by atoms with E-state index in [0.717, 1.165) is 15.6 Å². The number of amides is 2. The van der Waals surface area contributed by atoms with Crippen molar-refractivity contribution < 1.29 is 23.9 Å². The second-order valence-corrected chi connectivity index (χ2v) is 7.26. The highest BCUT2D eigenvalue weighted by atomic mass is 79.9. The van der Waals surface area contributed by atoms with Gasteiger partial charge in [0.05, 0.1) is 13.5 Å². The van der Waals surface area contributed by atoms with Crippen LogP contribution in [0.3, 0.4) is 0 Å². The molecule has 0 radical (unpaired) electrons. The van der Waals surface area contributed by atoms with Gasteiger partial charge in [-0.15, -0.1) is 0 Å². The third-order valence-corrected chi connectivity index (χ3v) is 4.93. The lowest BCUT2D eigenvalue weighted by atomic mass is 10.1. The molecule has 2 N–H and O–H groups in total. The van der Waals surface area contributed by atoms with Crippen LogP contribution in [0.1, 0.15) is 24.0 Å². The number of rotatable bonds is 8. The third-order valence-electron chi connectivity index (χ3n) is 4.07. The van der Waals surface area contributed by atoms with Crippen LogP contribution in [0.5, 0.6) is 5.75 Å². The zero-order chi connectivity index (χ0) is 21.4. The fourth-order valence-corrected chi connectivity index (χ4v) is 2.89. The van der Waals surface area contributed by atoms with E-state index < -0.39 is 18.5 Å². The summed E-state index contributed by atoms with van der Waals surface area (Å²) < 4.78 is 10.9. The number of halogens is 1. The predicted molar refractivity (Wildman–Crippen MR) is 114 cm³/mol. The topological polar surface area (TPSA) is 93.7 Å². The lowest BCUT2D eigenvalue weighted by molar-refractivity contribution is -0.147. The number of methoxy groups -OCH3 is 1. The minimum absolute atomic E-state index is 0.0442. The molecule has 0 bridgehead atoms. The van der Waals surface area contributed by atoms with E-state index in [0.29, 0.717) is 17.1 Å². The molecule has 0 unspecified atom stereocenters. The molecule has 0 aliphatic carbocycles. The van der Waals surface area contributed by atoms with Gasteiger partial charge in [0.15, 0.2) is 6.61 Å². The molecular formula is C21H23BrN2O5. The van der Waals surface area contributed by atoms with Gasteiger partial charge in [0.1, 0.15) is 5.75 Å². The van der Waals surface area contributed by atoms with E-state index in [1.54, 1.807) is 31.4 Å². The largest absolute Gasteiger partial charge is 0.497 e. The molecule has 0 heterocycles. The maximum absolute atomic E-state index is 12.0. The Morgan fingerprint density at radius 2 is 1.62 bits per heavy atom. The van der Waals surface area contributed by atoms with Crippen molar-refractivity contribution in [1.29, 1.82) is 0 Å². The second-order valence-electron chi connectivity index (χ2n) is 6.40. The number of carbonyl (C=O) groups excluding carboxylic acids is 3. The molecule has 154 valence electrons. The van der Waals surface area contributed by atoms with Crippen LogP contribution in [0.15, 0.2) is 40.9 Å². The van der Waals surface area contributed by atoms with Gasteiger partial charge in [-0.3, -0.25) is 14.4 Å². The van der Waals surface area contributed by atoms with Gasteiger partial charge in [0.2, 0.25) is 5.91 Å². The predicted octanol–water partition coefficient (Wildman–Crippen LogP) is 3.98. The summed E-state index contributed by atoms with van der Waals surface area (Å²) in [6, 6.07) is 10.6. The SMILES string of the molecule is COc1ccc(NC(=O)CCC(=O)OCC(=O)Nc2cc(C)c(Br)cc2C)cc1. The van der Waals surface area contributed by atoms with Crippen molar-refractivity contribution in [2.45, 2.75) is 26.7 Å². The summed E-state index contributed by atoms with van der Waals surface area (Å²) in [6.45, 7) is 3.37. The standard InChI is InChI=1S/C21H23BrN2O5/c1-13-11-18(14(2)10-17(13)22)24-20(26)12-29-21(27)9-8-19(25)23-15-4-6-16(28-3)7-5-15/h4-7,10-11H,8-9,12H2,1-3H3,(H,23,25)(H,24,26). The van der Waals surface area contributed by atoms with Crippen LogP contribution >= 0.6 is 15.9 Å². The summed E-state index contributed by atoms with van der Waals surface area (Å²) in [4.78, 5) is 35.7. The maximum atomic E-state index is 12.0. The number of hydrogen-bond acceptors (Lipinski definition) is 5. The number of hydrogen-bond donors (Lipinski definition) is 2. The van der Waals surface area contributed by atoms with Crippen LogP contribution in [-0.2, 0) is 19.1 Å². The van der Waals surface area contributed by atoms with Gasteiger partial charge >= 0.3 is 5.97 Å². The molecule has 2 aromatic carbocycles. The summed E-state index contributed by atoms with van der Waals surface area (Å²) in [5.41, 5.74) is 3.12. The Morgan fingerprint density at radius 1 is 0.931 bits per heavy atom. The van der Waals surface area contributed by atoms with Gasteiger partial charge in [-0.25, -0.2) is 0 Å². The molecular weight excluding hydrogens is 440 g/mol. The Morgan fingerprint density at radius 3 is 2.28 bits per heavy atom. The molecule has 7 nitrogen and oxygen atoms in total. The molecule has 2 aromatic rings. The van der Waals surface area contributed by atoms with Crippen LogP contribution in [0.4, 0.5) is 11.4 Å². The summed E-state index contributed by atoms with van der Waals surface area (Å²) in [6.07, 6.45) is -0.164. The van der Waals surface area contributed by atoms with Crippen molar-refractivity contribution in [2.75, 3.05) is 24.4 Å². The van der Waals surface area contributed by atoms with Crippen LogP contribution < -0.4 is 15.4 Å². The van der Waals surface area contributed by atoms with Gasteiger partial charge in [-0.1, -0.05) is 15.9 Å². The van der Waals surface area contributed by atoms with Gasteiger partial charge in [-0.05, 0) is 61.4 Å². The molecule has 0 saturated heterocycles. The van der Waals surface area contributed by atoms with Crippen LogP contribution in [0, 0.1) is 13.8 Å². The summed E-state index contributed by atoms with van der Waals surface area (Å²) in [5.74, 6) is -0.699. The molecule has 2 amide bonds. The maximum Gasteiger partial charge on any atom is 0.306 e. The number of carbonyl (C=O) groups is 3. The van der Waals surface area contributed by atoms with E-state index >= 15 is 0 Å². The van der Waals surface area contributed by atoms with Gasteiger partial charge < -0.3 is 20.1 Å². The minimum atomic E-state index is -0.617. The fraction of sp³-hybridized carbons (Fsp3) is 0.286. The van der Waals surface area contributed by atoms with E-state index in [4.69, 9.17) is 9.47 Å². The first-order chi connectivity index (χ1) is 13.8. The van der Waals surface area contributed by atoms with Crippen molar-refractivity contribution in [3.05, 3.63) is 52.0 Å². The fourth-order valence-electron chi connectivity index (χ4n) is 2.43. The average Bonchev–Trinajstić information content (AvgIpc) is 2.69. The normalized spacial score (nSPS) is 10.2. The monoisotopic (exact) mass is 462 g/mol. The molecule has 8 heteroatoms. The Bertz CT molecular complexity index is 897. The summed E-state index contributed by atoms with van der Waals surface area (Å²) in [5, 5.41) is 5.39. The van der Waals surface area contributed by atoms with E-state index in [2.05, 4.69) is 26.6 Å². The van der Waals surface area contributed by atoms with E-state index in [1.807, 2.05) is 26.0 Å². The van der Waals surface area contributed by atoms with E-state index in [1.165, 1.54) is 0 Å². The number of benzene rings is 2. The Balaban J connectivity index is 1.72. The van der Waals surface area contributed by atoms with Crippen molar-refractivity contribution >= 4 is 45.1 Å².